The third-order valence-corrected chi connectivity index (χ3v) is 12.5. The maximum absolute atomic E-state index is 14.3. The molecule has 0 spiro atoms. The molecule has 1 saturated carbocycles. The summed E-state index contributed by atoms with van der Waals surface area (Å²) >= 11 is 0. The van der Waals surface area contributed by atoms with E-state index in [4.69, 9.17) is 5.73 Å². The summed E-state index contributed by atoms with van der Waals surface area (Å²) in [5, 5.41) is 20.8. The predicted octanol–water partition coefficient (Wildman–Crippen LogP) is 3.83. The number of hydrogen-bond acceptors (Lipinski definition) is 8. The predicted molar refractivity (Wildman–Crippen MR) is 224 cm³/mol. The lowest BCUT2D eigenvalue weighted by Crippen LogP contribution is -2.59. The van der Waals surface area contributed by atoms with Crippen molar-refractivity contribution in [2.75, 3.05) is 25.4 Å². The van der Waals surface area contributed by atoms with Crippen LogP contribution in [0.2, 0.25) is 0 Å². The number of piperidine rings is 1. The quantitative estimate of drug-likeness (QED) is 0.104. The van der Waals surface area contributed by atoms with E-state index in [0.717, 1.165) is 37.7 Å². The van der Waals surface area contributed by atoms with Gasteiger partial charge >= 0.3 is 6.03 Å². The van der Waals surface area contributed by atoms with Crippen molar-refractivity contribution in [3.05, 3.63) is 54.1 Å². The number of aliphatic hydroxyl groups is 1. The van der Waals surface area contributed by atoms with Gasteiger partial charge in [0.15, 0.2) is 0 Å². The molecular formula is C39H66Cl2N8O6S. The Hall–Kier alpha value is -2.95. The van der Waals surface area contributed by atoms with E-state index < -0.39 is 46.1 Å². The van der Waals surface area contributed by atoms with Gasteiger partial charge in [-0.3, -0.25) is 9.59 Å². The first-order valence-corrected chi connectivity index (χ1v) is 21.6. The minimum atomic E-state index is -3.43. The second kappa shape index (κ2) is 24.7. The van der Waals surface area contributed by atoms with Crippen molar-refractivity contribution in [2.24, 2.45) is 23.5 Å². The fraction of sp³-hybridized carbons (Fsp3) is 0.692. The SMILES string of the molecule is CCCS(=O)(=O)NC[C@@H](C[C@H](O)[C@H](CC1CCCCC1)NC(=O)[C@H](Cc1c[nH]cn1)NC(=O)[C@H](Cc1ccccc1)NC(=O)N1CCC(N)CC1)C(C)C.Cl.Cl. The monoisotopic (exact) mass is 844 g/mol. The van der Waals surface area contributed by atoms with E-state index in [9.17, 15) is 27.9 Å². The number of halogens is 2. The molecule has 0 unspecified atom stereocenters. The number of nitrogens with zero attached hydrogens (tertiary/aromatic N) is 2. The first kappa shape index (κ1) is 49.2. The highest BCUT2D eigenvalue weighted by molar-refractivity contribution is 7.89. The number of hydrogen-bond donors (Lipinski definition) is 7. The van der Waals surface area contributed by atoms with Gasteiger partial charge in [0.2, 0.25) is 21.8 Å². The molecule has 1 aromatic carbocycles. The van der Waals surface area contributed by atoms with Crippen molar-refractivity contribution in [3.8, 4) is 0 Å². The van der Waals surface area contributed by atoms with Gasteiger partial charge in [0.25, 0.3) is 0 Å². The Balaban J connectivity index is 0.00000541. The topological polar surface area (TPSA) is 212 Å². The molecule has 5 atom stereocenters. The van der Waals surface area contributed by atoms with E-state index in [1.54, 1.807) is 11.1 Å². The third kappa shape index (κ3) is 16.5. The van der Waals surface area contributed by atoms with Crippen LogP contribution < -0.4 is 26.4 Å². The standard InChI is InChI=1S/C39H64N8O6S.2ClH/c1-4-19-54(52,53)43-24-30(27(2)3)22-36(48)33(20-28-11-7-5-8-12-28)44-38(50)35(23-32-25-41-26-42-32)45-37(49)34(21-29-13-9-6-10-14-29)46-39(51)47-17-15-31(40)16-18-47;;/h6,9-10,13-14,25-28,30-31,33-36,43,48H,4-5,7-8,11-12,15-24,40H2,1-3H3,(H,41,42)(H,44,50)(H,45,49)(H,46,51);2*1H/t30-,33+,34+,35+,36+;;/m1../s1. The average molecular weight is 846 g/mol. The van der Waals surface area contributed by atoms with E-state index in [-0.39, 0.29) is 80.3 Å². The van der Waals surface area contributed by atoms with E-state index in [0.29, 0.717) is 50.4 Å². The Kier molecular flexibility index (Phi) is 21.7. The minimum absolute atomic E-state index is 0. The first-order valence-electron chi connectivity index (χ1n) is 19.9. The molecule has 1 saturated heterocycles. The van der Waals surface area contributed by atoms with Gasteiger partial charge in [-0.05, 0) is 55.4 Å². The zero-order valence-electron chi connectivity index (χ0n) is 33.2. The number of carbonyl (C=O) groups excluding carboxylic acids is 3. The van der Waals surface area contributed by atoms with E-state index in [2.05, 4.69) is 30.6 Å². The number of aromatic amines is 1. The van der Waals surface area contributed by atoms with Crippen LogP contribution in [-0.2, 0) is 32.5 Å². The highest BCUT2D eigenvalue weighted by Crippen LogP contribution is 2.30. The lowest BCUT2D eigenvalue weighted by molar-refractivity contribution is -0.131. The Bertz CT molecular complexity index is 1540. The Morgan fingerprint density at radius 1 is 0.946 bits per heavy atom. The van der Waals surface area contributed by atoms with Gasteiger partial charge in [0.05, 0.1) is 29.9 Å². The van der Waals surface area contributed by atoms with Crippen LogP contribution in [0.3, 0.4) is 0 Å². The number of benzene rings is 1. The van der Waals surface area contributed by atoms with Gasteiger partial charge < -0.3 is 36.7 Å². The zero-order chi connectivity index (χ0) is 39.1. The lowest BCUT2D eigenvalue weighted by Gasteiger charge is -2.34. The molecule has 17 heteroatoms. The Labute approximate surface area is 345 Å². The summed E-state index contributed by atoms with van der Waals surface area (Å²) in [6.07, 6.45) is 10.6. The molecule has 2 aliphatic rings. The number of urea groups is 1. The number of rotatable bonds is 20. The van der Waals surface area contributed by atoms with Crippen molar-refractivity contribution < 1.29 is 27.9 Å². The summed E-state index contributed by atoms with van der Waals surface area (Å²) in [5.41, 5.74) is 7.47. The van der Waals surface area contributed by atoms with Crippen LogP contribution in [0.25, 0.3) is 0 Å². The largest absolute Gasteiger partial charge is 0.391 e. The number of imidazole rings is 1. The lowest BCUT2D eigenvalue weighted by atomic mass is 9.81. The fourth-order valence-corrected chi connectivity index (χ4v) is 8.66. The van der Waals surface area contributed by atoms with Crippen molar-refractivity contribution in [2.45, 2.75) is 128 Å². The summed E-state index contributed by atoms with van der Waals surface area (Å²) < 4.78 is 27.7. The number of H-pyrrole nitrogens is 1. The minimum Gasteiger partial charge on any atom is -0.391 e. The molecule has 1 aromatic heterocycles. The Morgan fingerprint density at radius 2 is 1.59 bits per heavy atom. The molecule has 8 N–H and O–H groups in total. The summed E-state index contributed by atoms with van der Waals surface area (Å²) in [6, 6.07) is 6.40. The smallest absolute Gasteiger partial charge is 0.318 e. The number of carbonyl (C=O) groups is 3. The van der Waals surface area contributed by atoms with Crippen LogP contribution in [0.5, 0.6) is 0 Å². The number of amides is 4. The molecule has 4 rings (SSSR count). The molecule has 2 aromatic rings. The van der Waals surface area contributed by atoms with Crippen molar-refractivity contribution in [1.82, 2.24) is 35.5 Å². The Morgan fingerprint density at radius 3 is 2.20 bits per heavy atom. The van der Waals surface area contributed by atoms with Crippen LogP contribution in [0.1, 0.15) is 96.2 Å². The van der Waals surface area contributed by atoms with Crippen molar-refractivity contribution in [1.29, 1.82) is 0 Å². The average Bonchev–Trinajstić information content (AvgIpc) is 3.66. The molecule has 2 fully saturated rings. The van der Waals surface area contributed by atoms with Crippen molar-refractivity contribution >= 4 is 52.7 Å². The van der Waals surface area contributed by atoms with Gasteiger partial charge in [-0.15, -0.1) is 24.8 Å². The number of nitrogens with one attached hydrogen (secondary N) is 5. The molecule has 4 amide bonds. The molecule has 14 nitrogen and oxygen atoms in total. The maximum atomic E-state index is 14.3. The highest BCUT2D eigenvalue weighted by atomic mass is 35.5. The van der Waals surface area contributed by atoms with E-state index >= 15 is 0 Å². The zero-order valence-corrected chi connectivity index (χ0v) is 35.6. The van der Waals surface area contributed by atoms with E-state index in [1.807, 2.05) is 51.1 Å². The van der Waals surface area contributed by atoms with Crippen LogP contribution >= 0.6 is 24.8 Å². The van der Waals surface area contributed by atoms with Gasteiger partial charge in [-0.1, -0.05) is 83.2 Å². The van der Waals surface area contributed by atoms with Crippen LogP contribution in [0.4, 0.5) is 4.79 Å². The number of aliphatic hydroxyl groups excluding tert-OH is 1. The van der Waals surface area contributed by atoms with Crippen molar-refractivity contribution in [3.63, 3.8) is 0 Å². The van der Waals surface area contributed by atoms with E-state index in [1.165, 1.54) is 6.33 Å². The number of nitrogens with two attached hydrogens (primary N) is 1. The number of aromatic nitrogens is 2. The molecule has 56 heavy (non-hydrogen) atoms. The molecule has 0 radical (unpaired) electrons. The first-order chi connectivity index (χ1) is 25.8. The van der Waals surface area contributed by atoms with Gasteiger partial charge in [-0.25, -0.2) is 22.9 Å². The second-order valence-electron chi connectivity index (χ2n) is 15.7. The van der Waals surface area contributed by atoms with Crippen LogP contribution in [0, 0.1) is 17.8 Å². The molecule has 0 bridgehead atoms. The van der Waals surface area contributed by atoms with Gasteiger partial charge in [0, 0.05) is 44.7 Å². The summed E-state index contributed by atoms with van der Waals surface area (Å²) in [5.74, 6) is -0.735. The number of sulfonamides is 1. The highest BCUT2D eigenvalue weighted by Gasteiger charge is 2.34. The normalized spacial score (nSPS) is 18.1. The summed E-state index contributed by atoms with van der Waals surface area (Å²) in [4.78, 5) is 50.7. The third-order valence-electron chi connectivity index (χ3n) is 11.0. The van der Waals surface area contributed by atoms with Crippen LogP contribution in [0.15, 0.2) is 42.9 Å². The molecule has 2 heterocycles. The molecular weight excluding hydrogens is 779 g/mol. The molecule has 1 aliphatic carbocycles. The molecule has 1 aliphatic heterocycles. The molecule has 318 valence electrons. The van der Waals surface area contributed by atoms with Crippen LogP contribution in [-0.4, -0.2) is 102 Å². The summed E-state index contributed by atoms with van der Waals surface area (Å²) in [6.45, 7) is 6.99. The van der Waals surface area contributed by atoms with Gasteiger partial charge in [-0.2, -0.15) is 0 Å². The number of likely N-dealkylation sites (tertiary alicyclic amines) is 1. The van der Waals surface area contributed by atoms with Gasteiger partial charge in [0.1, 0.15) is 12.1 Å². The summed E-state index contributed by atoms with van der Waals surface area (Å²) in [7, 11) is -3.43. The fourth-order valence-electron chi connectivity index (χ4n) is 7.51. The second-order valence-corrected chi connectivity index (χ2v) is 17.6. The maximum Gasteiger partial charge on any atom is 0.318 e.